The van der Waals surface area contributed by atoms with Gasteiger partial charge < -0.3 is 21.0 Å². The number of halogens is 7. The third kappa shape index (κ3) is 20.2. The molecule has 13 nitrogen and oxygen atoms in total. The first kappa shape index (κ1) is 48.0. The average Bonchev–Trinajstić information content (AvgIpc) is 3.53. The number of H-pyrrole nitrogens is 2. The van der Waals surface area contributed by atoms with Crippen molar-refractivity contribution in [2.75, 3.05) is 18.1 Å². The van der Waals surface area contributed by atoms with Crippen molar-refractivity contribution in [3.8, 4) is 0 Å². The molecule has 0 saturated heterocycles. The minimum Gasteiger partial charge on any atom is -1.00 e. The number of nitrogens with one attached hydrogen (secondary N) is 2. The zero-order valence-electron chi connectivity index (χ0n) is 22.3. The van der Waals surface area contributed by atoms with Gasteiger partial charge in [0, 0.05) is 0 Å². The van der Waals surface area contributed by atoms with Gasteiger partial charge in [0.25, 0.3) is 6.47 Å². The maximum atomic E-state index is 12.2. The van der Waals surface area contributed by atoms with E-state index in [1.807, 2.05) is 18.8 Å². The molecule has 0 unspecified atom stereocenters. The molecule has 22 heteroatoms. The summed E-state index contributed by atoms with van der Waals surface area (Å²) in [4.78, 5) is 35.1. The van der Waals surface area contributed by atoms with Gasteiger partial charge >= 0.3 is 127 Å². The molecule has 0 aliphatic carbocycles. The molecule has 0 radical (unpaired) electrons. The molecule has 0 spiro atoms. The quantitative estimate of drug-likeness (QED) is 0.0458. The zero-order chi connectivity index (χ0) is 28.9. The second kappa shape index (κ2) is 27.4. The fourth-order valence-corrected chi connectivity index (χ4v) is 1.54. The number of carbonyl (C=O) groups is 3. The first-order valence-electron chi connectivity index (χ1n) is 9.25. The number of ether oxygens (including phenoxy) is 2. The van der Waals surface area contributed by atoms with Gasteiger partial charge in [-0.3, -0.25) is 4.79 Å². The molecule has 2 aromatic heterocycles. The molecule has 0 amide bonds. The SMILES string of the molecule is CC.CCOC(=O)c1n[nH]nc1C(F)(F)F.CCOC(=O)c1n[nH]nc1C(F)(F)F.CI.O=CO[O-].[H-].[K+].[K+]. The molecule has 2 heterocycles. The van der Waals surface area contributed by atoms with Crippen LogP contribution < -0.4 is 108 Å². The number of alkyl halides is 7. The number of carbonyl (C=O) groups excluding carboxylic acids is 3. The number of aromatic amines is 2. The van der Waals surface area contributed by atoms with Gasteiger partial charge in [-0.2, -0.15) is 47.0 Å². The van der Waals surface area contributed by atoms with Crippen LogP contribution in [-0.2, 0) is 31.5 Å². The molecule has 0 atom stereocenters. The van der Waals surface area contributed by atoms with E-state index in [0.717, 1.165) is 0 Å². The Hall–Kier alpha value is 0.233. The Morgan fingerprint density at radius 1 is 0.842 bits per heavy atom. The van der Waals surface area contributed by atoms with Crippen molar-refractivity contribution in [2.24, 2.45) is 0 Å². The summed E-state index contributed by atoms with van der Waals surface area (Å²) in [5.74, 6) is -2.29. The monoisotopic (exact) mass is 730 g/mol. The van der Waals surface area contributed by atoms with Crippen LogP contribution in [0.15, 0.2) is 0 Å². The van der Waals surface area contributed by atoms with E-state index in [-0.39, 0.29) is 124 Å². The molecule has 0 aliphatic heterocycles. The van der Waals surface area contributed by atoms with Gasteiger partial charge in [-0.15, -0.1) is 10.2 Å². The van der Waals surface area contributed by atoms with Crippen LogP contribution in [0.1, 0.15) is 61.5 Å². The molecule has 0 fully saturated rings. The van der Waals surface area contributed by atoms with Crippen LogP contribution in [0.25, 0.3) is 0 Å². The van der Waals surface area contributed by atoms with E-state index in [1.54, 1.807) is 10.4 Å². The predicted molar refractivity (Wildman–Crippen MR) is 114 cm³/mol. The van der Waals surface area contributed by atoms with Gasteiger partial charge in [-0.1, -0.05) is 36.4 Å². The van der Waals surface area contributed by atoms with Crippen molar-refractivity contribution >= 4 is 41.0 Å². The van der Waals surface area contributed by atoms with Crippen molar-refractivity contribution < 1.29 is 165 Å². The van der Waals surface area contributed by atoms with Crippen molar-refractivity contribution in [3.05, 3.63) is 22.8 Å². The van der Waals surface area contributed by atoms with Crippen LogP contribution in [0.4, 0.5) is 26.3 Å². The van der Waals surface area contributed by atoms with E-state index in [9.17, 15) is 35.9 Å². The van der Waals surface area contributed by atoms with Crippen LogP contribution in [-0.4, -0.2) is 67.4 Å². The standard InChI is InChI=1S/2C6H6F3N3O2.C2H6.CH3I.CH2O3.2K.H/c2*1-2-14-5(13)3-4(6(7,8)9)11-12-10-3;2*1-2;2-1-4-3;;;/h2*2H2,1H3,(H,10,11,12);1-2H3;1H3;1,3H;;;/q;;;;;2*+1;-1/p-1. The van der Waals surface area contributed by atoms with Gasteiger partial charge in [-0.05, 0) is 18.8 Å². The van der Waals surface area contributed by atoms with E-state index < -0.39 is 47.1 Å². The molecule has 210 valence electrons. The largest absolute Gasteiger partial charge is 1.00 e. The number of hydrogen-bond donors (Lipinski definition) is 2. The van der Waals surface area contributed by atoms with Crippen LogP contribution in [0, 0.1) is 0 Å². The summed E-state index contributed by atoms with van der Waals surface area (Å²) in [5.41, 5.74) is -4.43. The molecule has 2 aromatic rings. The number of aromatic nitrogens is 6. The predicted octanol–water partition coefficient (Wildman–Crippen LogP) is -3.37. The second-order valence-electron chi connectivity index (χ2n) is 4.67. The summed E-state index contributed by atoms with van der Waals surface area (Å²) in [5, 5.41) is 23.7. The van der Waals surface area contributed by atoms with Gasteiger partial charge in [0.1, 0.15) is 0 Å². The maximum absolute atomic E-state index is 12.2. The Balaban J connectivity index is -0.000000104. The van der Waals surface area contributed by atoms with Crippen molar-refractivity contribution in [2.45, 2.75) is 40.0 Å². The summed E-state index contributed by atoms with van der Waals surface area (Å²) in [6.07, 6.45) is -9.43. The number of hydrogen-bond acceptors (Lipinski definition) is 11. The van der Waals surface area contributed by atoms with Crippen LogP contribution >= 0.6 is 22.6 Å². The number of esters is 2. The fraction of sp³-hybridized carbons (Fsp3) is 0.562. The smallest absolute Gasteiger partial charge is 1.00 e. The van der Waals surface area contributed by atoms with Gasteiger partial charge in [0.15, 0.2) is 0 Å². The van der Waals surface area contributed by atoms with E-state index in [0.29, 0.717) is 0 Å². The topological polar surface area (TPSA) is 185 Å². The van der Waals surface area contributed by atoms with Gasteiger partial charge in [-0.25, -0.2) is 9.59 Å². The Labute approximate surface area is 312 Å². The summed E-state index contributed by atoms with van der Waals surface area (Å²) >= 11 is 2.15. The zero-order valence-corrected chi connectivity index (χ0v) is 29.7. The molecular formula is C16H23F6IK2N6O7. The van der Waals surface area contributed by atoms with Crippen LogP contribution in [0.5, 0.6) is 0 Å². The van der Waals surface area contributed by atoms with E-state index in [2.05, 4.69) is 57.3 Å². The molecule has 0 saturated carbocycles. The van der Waals surface area contributed by atoms with Crippen molar-refractivity contribution in [1.29, 1.82) is 0 Å². The Kier molecular flexibility index (Phi) is 34.6. The Bertz CT molecular complexity index is 828. The van der Waals surface area contributed by atoms with Crippen LogP contribution in [0.2, 0.25) is 0 Å². The number of nitrogens with zero attached hydrogens (tertiary/aromatic N) is 4. The molecule has 2 N–H and O–H groups in total. The Morgan fingerprint density at radius 2 is 1.11 bits per heavy atom. The number of rotatable bonds is 5. The maximum Gasteiger partial charge on any atom is 1.00 e. The summed E-state index contributed by atoms with van der Waals surface area (Å²) in [6, 6.07) is 0. The molecule has 2 rings (SSSR count). The average molecular weight is 730 g/mol. The first-order valence-corrected chi connectivity index (χ1v) is 11.4. The third-order valence-corrected chi connectivity index (χ3v) is 2.61. The minimum absolute atomic E-state index is 0. The molecule has 0 aliphatic rings. The van der Waals surface area contributed by atoms with Crippen LogP contribution in [0.3, 0.4) is 0 Å². The first-order chi connectivity index (χ1) is 16.8. The summed E-state index contributed by atoms with van der Waals surface area (Å²) < 4.78 is 81.6. The third-order valence-electron chi connectivity index (χ3n) is 2.61. The van der Waals surface area contributed by atoms with Gasteiger partial charge in [0.2, 0.25) is 22.8 Å². The molecular weight excluding hydrogens is 707 g/mol. The van der Waals surface area contributed by atoms with Crippen molar-refractivity contribution in [1.82, 2.24) is 30.8 Å². The second-order valence-corrected chi connectivity index (χ2v) is 4.67. The summed E-state index contributed by atoms with van der Waals surface area (Å²) in [7, 11) is 0. The Morgan fingerprint density at radius 3 is 1.29 bits per heavy atom. The molecule has 0 bridgehead atoms. The van der Waals surface area contributed by atoms with E-state index in [1.165, 1.54) is 13.8 Å². The fourth-order valence-electron chi connectivity index (χ4n) is 1.54. The van der Waals surface area contributed by atoms with E-state index in [4.69, 9.17) is 10.1 Å². The minimum atomic E-state index is -4.71. The molecule has 38 heavy (non-hydrogen) atoms. The van der Waals surface area contributed by atoms with Crippen molar-refractivity contribution in [3.63, 3.8) is 0 Å². The summed E-state index contributed by atoms with van der Waals surface area (Å²) in [6.45, 7) is 6.72. The van der Waals surface area contributed by atoms with E-state index >= 15 is 0 Å². The normalized spacial score (nSPS) is 9.29. The molecule has 0 aromatic carbocycles. The van der Waals surface area contributed by atoms with Gasteiger partial charge in [0.05, 0.1) is 13.2 Å².